The van der Waals surface area contributed by atoms with Gasteiger partial charge in [-0.15, -0.1) is 0 Å². The third-order valence-corrected chi connectivity index (χ3v) is 5.26. The van der Waals surface area contributed by atoms with Gasteiger partial charge in [-0.05, 0) is 36.8 Å². The highest BCUT2D eigenvalue weighted by Crippen LogP contribution is 2.26. The number of hydrogen-bond donors (Lipinski definition) is 0. The van der Waals surface area contributed by atoms with E-state index >= 15 is 0 Å². The van der Waals surface area contributed by atoms with Gasteiger partial charge in [0.15, 0.2) is 11.8 Å². The molecule has 0 spiro atoms. The molecule has 1 heterocycles. The van der Waals surface area contributed by atoms with Crippen molar-refractivity contribution in [1.29, 1.82) is 0 Å². The zero-order valence-electron chi connectivity index (χ0n) is 17.0. The molecule has 2 aromatic rings. The summed E-state index contributed by atoms with van der Waals surface area (Å²) in [5.74, 6) is -0.476. The molecule has 0 aliphatic carbocycles. The van der Waals surface area contributed by atoms with Crippen LogP contribution in [0, 0.1) is 15.9 Å². The minimum absolute atomic E-state index is 0.00855. The van der Waals surface area contributed by atoms with Crippen molar-refractivity contribution in [3.8, 4) is 5.75 Å². The number of carbonyl (C=O) groups excluding carboxylic acids is 1. The van der Waals surface area contributed by atoms with Crippen LogP contribution in [0.3, 0.4) is 0 Å². The molecule has 1 aliphatic rings. The molecule has 0 aromatic heterocycles. The Morgan fingerprint density at radius 3 is 2.68 bits per heavy atom. The standard InChI is InChI=1S/C22H23ClFN3O4/c1-16-13-25(14-17-2-4-18(24)5-3-17)10-11-26(16)9-8-22(28)20-7-6-19(31-15-23)12-21(20)27(29)30/h2-9,12,16H,10-11,13-15H2,1H3/t16-/m1/s1. The fraction of sp³-hybridized carbons (Fsp3) is 0.318. The van der Waals surface area contributed by atoms with Crippen LogP contribution in [0.25, 0.3) is 0 Å². The van der Waals surface area contributed by atoms with Crippen LogP contribution in [0.1, 0.15) is 22.8 Å². The molecule has 2 aromatic carbocycles. The molecule has 7 nitrogen and oxygen atoms in total. The molecule has 9 heteroatoms. The number of alkyl halides is 1. The van der Waals surface area contributed by atoms with Gasteiger partial charge >= 0.3 is 0 Å². The normalized spacial score (nSPS) is 17.1. The van der Waals surface area contributed by atoms with Gasteiger partial charge in [-0.3, -0.25) is 19.8 Å². The van der Waals surface area contributed by atoms with Crippen LogP contribution in [0.5, 0.6) is 5.75 Å². The minimum atomic E-state index is -0.612. The van der Waals surface area contributed by atoms with E-state index in [1.807, 2.05) is 11.8 Å². The maximum atomic E-state index is 13.1. The van der Waals surface area contributed by atoms with E-state index in [1.165, 1.54) is 36.4 Å². The Balaban J connectivity index is 1.62. The summed E-state index contributed by atoms with van der Waals surface area (Å²) in [6.45, 7) is 5.04. The van der Waals surface area contributed by atoms with E-state index < -0.39 is 10.7 Å². The number of nitrogens with zero attached hydrogens (tertiary/aromatic N) is 3. The molecule has 1 aliphatic heterocycles. The van der Waals surface area contributed by atoms with Crippen LogP contribution in [0.4, 0.5) is 10.1 Å². The van der Waals surface area contributed by atoms with Crippen LogP contribution in [0.15, 0.2) is 54.7 Å². The van der Waals surface area contributed by atoms with E-state index in [0.29, 0.717) is 6.54 Å². The van der Waals surface area contributed by atoms with Crippen molar-refractivity contribution >= 4 is 23.1 Å². The quantitative estimate of drug-likeness (QED) is 0.198. The van der Waals surface area contributed by atoms with E-state index in [2.05, 4.69) is 4.90 Å². The van der Waals surface area contributed by atoms with Crippen LogP contribution in [-0.2, 0) is 6.54 Å². The number of piperazine rings is 1. The Bertz CT molecular complexity index is 968. The molecular weight excluding hydrogens is 425 g/mol. The van der Waals surface area contributed by atoms with Crippen molar-refractivity contribution in [1.82, 2.24) is 9.80 Å². The van der Waals surface area contributed by atoms with Crippen molar-refractivity contribution in [2.45, 2.75) is 19.5 Å². The van der Waals surface area contributed by atoms with Gasteiger partial charge in [-0.25, -0.2) is 4.39 Å². The Morgan fingerprint density at radius 1 is 1.29 bits per heavy atom. The molecule has 1 fully saturated rings. The van der Waals surface area contributed by atoms with Crippen LogP contribution in [0.2, 0.25) is 0 Å². The number of ketones is 1. The van der Waals surface area contributed by atoms with Gasteiger partial charge in [0.1, 0.15) is 11.6 Å². The Labute approximate surface area is 184 Å². The van der Waals surface area contributed by atoms with E-state index in [-0.39, 0.29) is 34.9 Å². The van der Waals surface area contributed by atoms with E-state index in [0.717, 1.165) is 25.2 Å². The van der Waals surface area contributed by atoms with E-state index in [4.69, 9.17) is 16.3 Å². The van der Waals surface area contributed by atoms with Crippen LogP contribution in [-0.4, -0.2) is 52.2 Å². The zero-order valence-corrected chi connectivity index (χ0v) is 17.8. The summed E-state index contributed by atoms with van der Waals surface area (Å²) in [5.41, 5.74) is 0.710. The van der Waals surface area contributed by atoms with Crippen LogP contribution < -0.4 is 4.74 Å². The summed E-state index contributed by atoms with van der Waals surface area (Å²) in [6.07, 6.45) is 3.05. The molecule has 0 saturated carbocycles. The van der Waals surface area contributed by atoms with Crippen molar-refractivity contribution in [3.63, 3.8) is 0 Å². The largest absolute Gasteiger partial charge is 0.478 e. The third kappa shape index (κ3) is 6.02. The molecule has 0 unspecified atom stereocenters. The Morgan fingerprint density at radius 2 is 2.03 bits per heavy atom. The summed E-state index contributed by atoms with van der Waals surface area (Å²) in [4.78, 5) is 27.6. The number of ether oxygens (including phenoxy) is 1. The van der Waals surface area contributed by atoms with Gasteiger partial charge in [-0.2, -0.15) is 0 Å². The zero-order chi connectivity index (χ0) is 22.4. The van der Waals surface area contributed by atoms with E-state index in [9.17, 15) is 19.3 Å². The highest BCUT2D eigenvalue weighted by Gasteiger charge is 2.23. The molecular formula is C22H23ClFN3O4. The van der Waals surface area contributed by atoms with Gasteiger partial charge in [0.2, 0.25) is 0 Å². The molecule has 31 heavy (non-hydrogen) atoms. The predicted octanol–water partition coefficient (Wildman–Crippen LogP) is 4.21. The first-order valence-electron chi connectivity index (χ1n) is 9.79. The molecule has 0 radical (unpaired) electrons. The summed E-state index contributed by atoms with van der Waals surface area (Å²) in [7, 11) is 0. The summed E-state index contributed by atoms with van der Waals surface area (Å²) < 4.78 is 18.1. The lowest BCUT2D eigenvalue weighted by Crippen LogP contribution is -2.49. The lowest BCUT2D eigenvalue weighted by Gasteiger charge is -2.39. The topological polar surface area (TPSA) is 75.9 Å². The van der Waals surface area contributed by atoms with Crippen molar-refractivity contribution in [2.24, 2.45) is 0 Å². The van der Waals surface area contributed by atoms with Gasteiger partial charge < -0.3 is 9.64 Å². The van der Waals surface area contributed by atoms with Crippen molar-refractivity contribution < 1.29 is 18.8 Å². The second-order valence-electron chi connectivity index (χ2n) is 7.32. The first kappa shape index (κ1) is 22.7. The maximum absolute atomic E-state index is 13.1. The molecule has 1 saturated heterocycles. The molecule has 0 bridgehead atoms. The minimum Gasteiger partial charge on any atom is -0.478 e. The van der Waals surface area contributed by atoms with Gasteiger partial charge in [-0.1, -0.05) is 23.7 Å². The molecule has 0 amide bonds. The number of hydrogen-bond acceptors (Lipinski definition) is 6. The summed E-state index contributed by atoms with van der Waals surface area (Å²) >= 11 is 5.49. The summed E-state index contributed by atoms with van der Waals surface area (Å²) in [6, 6.07) is 10.5. The highest BCUT2D eigenvalue weighted by molar-refractivity contribution is 6.17. The van der Waals surface area contributed by atoms with Gasteiger partial charge in [0, 0.05) is 44.5 Å². The Hall–Kier alpha value is -2.97. The monoisotopic (exact) mass is 447 g/mol. The average Bonchev–Trinajstić information content (AvgIpc) is 2.74. The van der Waals surface area contributed by atoms with Gasteiger partial charge in [0.05, 0.1) is 16.6 Å². The van der Waals surface area contributed by atoms with E-state index in [1.54, 1.807) is 18.3 Å². The fourth-order valence-corrected chi connectivity index (χ4v) is 3.66. The number of halogens is 2. The number of carbonyl (C=O) groups is 1. The third-order valence-electron chi connectivity index (χ3n) is 5.15. The van der Waals surface area contributed by atoms with Crippen molar-refractivity contribution in [3.05, 3.63) is 81.8 Å². The summed E-state index contributed by atoms with van der Waals surface area (Å²) in [5, 5.41) is 11.3. The number of nitro benzene ring substituents is 1. The number of allylic oxidation sites excluding steroid dienone is 1. The smallest absolute Gasteiger partial charge is 0.284 e. The number of rotatable bonds is 8. The van der Waals surface area contributed by atoms with Gasteiger partial charge in [0.25, 0.3) is 5.69 Å². The lowest BCUT2D eigenvalue weighted by atomic mass is 10.1. The first-order chi connectivity index (χ1) is 14.9. The second-order valence-corrected chi connectivity index (χ2v) is 7.54. The SMILES string of the molecule is C[C@@H]1CN(Cc2ccc(F)cc2)CCN1C=CC(=O)c1ccc(OCCl)cc1[N+](=O)[O-]. The van der Waals surface area contributed by atoms with Crippen LogP contribution >= 0.6 is 11.6 Å². The molecule has 1 atom stereocenters. The van der Waals surface area contributed by atoms with Crippen molar-refractivity contribution in [2.75, 3.05) is 25.7 Å². The fourth-order valence-electron chi connectivity index (χ4n) is 3.54. The highest BCUT2D eigenvalue weighted by atomic mass is 35.5. The molecule has 0 N–H and O–H groups in total. The predicted molar refractivity (Wildman–Crippen MR) is 116 cm³/mol. The first-order valence-corrected chi connectivity index (χ1v) is 10.3. The molecule has 164 valence electrons. The second kappa shape index (κ2) is 10.4. The lowest BCUT2D eigenvalue weighted by molar-refractivity contribution is -0.385. The average molecular weight is 448 g/mol. The Kier molecular flexibility index (Phi) is 7.59. The maximum Gasteiger partial charge on any atom is 0.284 e. The molecule has 3 rings (SSSR count). The number of benzene rings is 2. The number of nitro groups is 1.